The Balaban J connectivity index is 0.875. The quantitative estimate of drug-likeness (QED) is 0.160. The van der Waals surface area contributed by atoms with Gasteiger partial charge in [-0.3, -0.25) is 29.3 Å². The van der Waals surface area contributed by atoms with Crippen LogP contribution in [-0.2, 0) is 19.8 Å². The van der Waals surface area contributed by atoms with Crippen molar-refractivity contribution in [1.82, 2.24) is 34.3 Å². The largest absolute Gasteiger partial charge is 0.389 e. The van der Waals surface area contributed by atoms with Crippen molar-refractivity contribution < 1.29 is 41.5 Å². The molecule has 0 saturated carbocycles. The Kier molecular flexibility index (Phi) is 12.4. The van der Waals surface area contributed by atoms with E-state index in [0.717, 1.165) is 33.3 Å². The monoisotopic (exact) mass is 915 g/mol. The molecule has 0 unspecified atom stereocenters. The number of ketones is 1. The van der Waals surface area contributed by atoms with Gasteiger partial charge in [0.25, 0.3) is 0 Å². The van der Waals surface area contributed by atoms with Crippen molar-refractivity contribution in [2.24, 2.45) is 4.99 Å². The maximum atomic E-state index is 15.7. The minimum Gasteiger partial charge on any atom is -0.389 e. The lowest BCUT2D eigenvalue weighted by Gasteiger charge is -2.42. The zero-order valence-electron chi connectivity index (χ0n) is 36.5. The van der Waals surface area contributed by atoms with Crippen LogP contribution in [0.15, 0.2) is 60.0 Å². The van der Waals surface area contributed by atoms with Crippen LogP contribution in [-0.4, -0.2) is 151 Å². The molecule has 4 N–H and O–H groups in total. The average Bonchev–Trinajstić information content (AvgIpc) is 3.71. The first kappa shape index (κ1) is 45.1. The second-order valence-corrected chi connectivity index (χ2v) is 18.7. The number of rotatable bonds is 11. The summed E-state index contributed by atoms with van der Waals surface area (Å²) in [7, 11) is -0.978. The molecule has 2 aromatic carbocycles. The van der Waals surface area contributed by atoms with Crippen LogP contribution < -0.4 is 19.8 Å². The number of aliphatic hydroxyl groups is 1. The van der Waals surface area contributed by atoms with Crippen molar-refractivity contribution in [1.29, 1.82) is 0 Å². The summed E-state index contributed by atoms with van der Waals surface area (Å²) in [6.07, 6.45) is 5.74. The van der Waals surface area contributed by atoms with Crippen molar-refractivity contribution in [2.45, 2.75) is 45.1 Å². The van der Waals surface area contributed by atoms with Gasteiger partial charge in [0.2, 0.25) is 23.6 Å². The number of carbonyl (C=O) groups is 4. The molecule has 18 nitrogen and oxygen atoms in total. The Bertz CT molecular complexity index is 2750. The normalized spacial score (nSPS) is 18.2. The molecular weight excluding hydrogens is 865 g/mol. The Morgan fingerprint density at radius 3 is 2.42 bits per heavy atom. The van der Waals surface area contributed by atoms with Gasteiger partial charge in [0.1, 0.15) is 11.5 Å². The molecule has 0 spiro atoms. The number of aromatic nitrogens is 2. The van der Waals surface area contributed by atoms with Gasteiger partial charge < -0.3 is 29.7 Å². The van der Waals surface area contributed by atoms with Gasteiger partial charge in [0.05, 0.1) is 23.3 Å². The third-order valence-electron chi connectivity index (χ3n) is 12.6. The van der Waals surface area contributed by atoms with Crippen LogP contribution in [0.3, 0.4) is 0 Å². The van der Waals surface area contributed by atoms with E-state index in [1.165, 1.54) is 13.2 Å². The molecule has 4 aromatic rings. The van der Waals surface area contributed by atoms with Crippen LogP contribution in [0.25, 0.3) is 16.6 Å². The molecule has 3 saturated heterocycles. The van der Waals surface area contributed by atoms with Crippen LogP contribution >= 0.6 is 0 Å². The molecule has 2 aromatic heterocycles. The number of amides is 4. The highest BCUT2D eigenvalue weighted by Crippen LogP contribution is 2.34. The SMILES string of the molecule is CCN(C)S(=O)(=O)Nc1ccc(F)c(C(=O)c2c[nH]c3ncc(C4=CN=C(N5CCN(C(=O)CC6(O)CCN(c7ccc(N8CCC(=O)NC8=O)cc7C)CC6)CC5)N(C)C4)cc23)c1F. The topological polar surface area (TPSA) is 207 Å². The molecule has 344 valence electrons. The summed E-state index contributed by atoms with van der Waals surface area (Å²) in [5.41, 5.74) is 1.70. The summed E-state index contributed by atoms with van der Waals surface area (Å²) in [5.74, 6) is -3.17. The van der Waals surface area contributed by atoms with E-state index in [0.29, 0.717) is 93.4 Å². The van der Waals surface area contributed by atoms with Crippen LogP contribution in [0.4, 0.5) is 30.6 Å². The highest BCUT2D eigenvalue weighted by atomic mass is 32.2. The molecule has 0 atom stereocenters. The maximum Gasteiger partial charge on any atom is 0.328 e. The molecule has 4 aliphatic heterocycles. The van der Waals surface area contributed by atoms with Gasteiger partial charge in [-0.15, -0.1) is 0 Å². The number of pyridine rings is 1. The molecule has 0 aliphatic carbocycles. The van der Waals surface area contributed by atoms with E-state index in [1.54, 1.807) is 35.2 Å². The van der Waals surface area contributed by atoms with Crippen molar-refractivity contribution in [3.63, 3.8) is 0 Å². The fraction of sp³-hybridized carbons (Fsp3) is 0.409. The fourth-order valence-electron chi connectivity index (χ4n) is 8.68. The minimum atomic E-state index is -4.16. The molecule has 6 heterocycles. The molecule has 65 heavy (non-hydrogen) atoms. The molecule has 21 heteroatoms. The number of benzene rings is 2. The molecule has 4 amide bonds. The number of imide groups is 1. The number of nitrogens with zero attached hydrogens (tertiary/aromatic N) is 8. The van der Waals surface area contributed by atoms with Crippen molar-refractivity contribution >= 4 is 73.5 Å². The standard InChI is InChI=1S/C44H51F2N11O7S/c1-5-53(4)65(63,64)51-34-8-7-33(45)38(39(34)46)40(60)32-25-48-41-31(32)21-28(23-47-41)29-24-49-42(52(3)26-29)56-18-16-55(17-19-56)37(59)22-44(62)11-14-54(15-12-44)35-9-6-30(20-27(35)2)57-13-10-36(58)50-43(57)61/h6-9,20-21,23-25,51,62H,5,10-19,22,26H2,1-4H3,(H,47,48)(H,50,58,61). The Morgan fingerprint density at radius 2 is 1.74 bits per heavy atom. The Hall–Kier alpha value is -6.45. The summed E-state index contributed by atoms with van der Waals surface area (Å²) >= 11 is 0. The van der Waals surface area contributed by atoms with Crippen LogP contribution in [0.5, 0.6) is 0 Å². The number of piperazine rings is 1. The number of fused-ring (bicyclic) bond motifs is 1. The van der Waals surface area contributed by atoms with Gasteiger partial charge in [0, 0.05) is 126 Å². The van der Waals surface area contributed by atoms with Gasteiger partial charge in [-0.05, 0) is 67.3 Å². The average molecular weight is 916 g/mol. The number of H-pyrrole nitrogens is 1. The van der Waals surface area contributed by atoms with Crippen molar-refractivity contribution in [3.05, 3.63) is 88.9 Å². The number of aliphatic imine (C=N–C) groups is 1. The summed E-state index contributed by atoms with van der Waals surface area (Å²) in [6, 6.07) is 8.75. The number of carbonyl (C=O) groups excluding carboxylic acids is 4. The molecule has 4 aliphatic rings. The van der Waals surface area contributed by atoms with Gasteiger partial charge in [-0.25, -0.2) is 23.6 Å². The number of nitrogens with one attached hydrogen (secondary N) is 3. The molecular formula is C44H51F2N11O7S. The molecule has 0 bridgehead atoms. The first-order valence-electron chi connectivity index (χ1n) is 21.4. The van der Waals surface area contributed by atoms with Crippen molar-refractivity contribution in [2.75, 3.05) is 87.5 Å². The second-order valence-electron chi connectivity index (χ2n) is 16.9. The number of urea groups is 1. The zero-order valence-corrected chi connectivity index (χ0v) is 37.3. The Labute approximate surface area is 374 Å². The molecule has 3 fully saturated rings. The molecule has 8 rings (SSSR count). The number of aromatic amines is 1. The highest BCUT2D eigenvalue weighted by Gasteiger charge is 2.38. The zero-order chi connectivity index (χ0) is 46.4. The number of piperidine rings is 1. The van der Waals surface area contributed by atoms with Crippen LogP contribution in [0.1, 0.15) is 59.7 Å². The summed E-state index contributed by atoms with van der Waals surface area (Å²) in [4.78, 5) is 72.9. The van der Waals surface area contributed by atoms with E-state index in [2.05, 4.69) is 29.8 Å². The minimum absolute atomic E-state index is 0.0238. The lowest BCUT2D eigenvalue weighted by Crippen LogP contribution is -2.55. The number of guanidine groups is 1. The van der Waals surface area contributed by atoms with E-state index in [9.17, 15) is 32.7 Å². The second kappa shape index (κ2) is 17.8. The maximum absolute atomic E-state index is 15.7. The van der Waals surface area contributed by atoms with E-state index >= 15 is 8.78 Å². The van der Waals surface area contributed by atoms with Gasteiger partial charge in [-0.2, -0.15) is 12.7 Å². The lowest BCUT2D eigenvalue weighted by atomic mass is 9.87. The van der Waals surface area contributed by atoms with Crippen molar-refractivity contribution in [3.8, 4) is 0 Å². The first-order chi connectivity index (χ1) is 30.9. The number of hydrogen-bond donors (Lipinski definition) is 4. The first-order valence-corrected chi connectivity index (χ1v) is 22.8. The van der Waals surface area contributed by atoms with Crippen LogP contribution in [0.2, 0.25) is 0 Å². The number of likely N-dealkylation sites (N-methyl/N-ethyl adjacent to an activating group) is 1. The number of hydrogen-bond acceptors (Lipinski definition) is 12. The van der Waals surface area contributed by atoms with E-state index in [4.69, 9.17) is 4.99 Å². The Morgan fingerprint density at radius 1 is 1.00 bits per heavy atom. The van der Waals surface area contributed by atoms with Gasteiger partial charge >= 0.3 is 16.2 Å². The van der Waals surface area contributed by atoms with E-state index in [-0.39, 0.29) is 36.8 Å². The number of aryl methyl sites for hydroxylation is 1. The van der Waals surface area contributed by atoms with Gasteiger partial charge in [-0.1, -0.05) is 6.92 Å². The third-order valence-corrected chi connectivity index (χ3v) is 14.2. The highest BCUT2D eigenvalue weighted by molar-refractivity contribution is 7.90. The molecule has 0 radical (unpaired) electrons. The van der Waals surface area contributed by atoms with E-state index < -0.39 is 50.5 Å². The van der Waals surface area contributed by atoms with Crippen LogP contribution in [0, 0.1) is 18.6 Å². The predicted molar refractivity (Wildman–Crippen MR) is 241 cm³/mol. The summed E-state index contributed by atoms with van der Waals surface area (Å²) in [6.45, 7) is 7.48. The van der Waals surface area contributed by atoms with E-state index in [1.807, 2.05) is 37.1 Å². The number of halogens is 2. The third kappa shape index (κ3) is 9.12. The smallest absolute Gasteiger partial charge is 0.328 e. The summed E-state index contributed by atoms with van der Waals surface area (Å²) in [5, 5.41) is 14.2. The fourth-order valence-corrected chi connectivity index (χ4v) is 9.61. The summed E-state index contributed by atoms with van der Waals surface area (Å²) < 4.78 is 58.9. The van der Waals surface area contributed by atoms with Gasteiger partial charge in [0.15, 0.2) is 5.82 Å². The lowest BCUT2D eigenvalue weighted by molar-refractivity contribution is -0.138. The predicted octanol–water partition coefficient (Wildman–Crippen LogP) is 3.64. The number of anilines is 3.